The molecule has 0 saturated carbocycles. The minimum Gasteiger partial charge on any atom is -0.336 e. The molecule has 0 bridgehead atoms. The maximum absolute atomic E-state index is 13.4. The molecular formula is C13H12BrClF4N2O. The summed E-state index contributed by atoms with van der Waals surface area (Å²) in [4.78, 5) is 14.9. The summed E-state index contributed by atoms with van der Waals surface area (Å²) in [6.45, 7) is -0.501. The van der Waals surface area contributed by atoms with Gasteiger partial charge in [-0.15, -0.1) is 0 Å². The van der Waals surface area contributed by atoms with E-state index in [0.717, 1.165) is 12.1 Å². The van der Waals surface area contributed by atoms with Gasteiger partial charge < -0.3 is 4.90 Å². The lowest BCUT2D eigenvalue weighted by molar-refractivity contribution is -0.148. The third-order valence-corrected chi connectivity index (χ3v) is 4.55. The van der Waals surface area contributed by atoms with Gasteiger partial charge in [-0.25, -0.2) is 4.39 Å². The molecule has 0 radical (unpaired) electrons. The van der Waals surface area contributed by atoms with Gasteiger partial charge in [-0.2, -0.15) is 13.2 Å². The first-order chi connectivity index (χ1) is 10.2. The van der Waals surface area contributed by atoms with Crippen LogP contribution in [-0.4, -0.2) is 54.6 Å². The zero-order chi connectivity index (χ0) is 16.5. The van der Waals surface area contributed by atoms with Gasteiger partial charge in [-0.1, -0.05) is 11.6 Å². The summed E-state index contributed by atoms with van der Waals surface area (Å²) in [5, 5.41) is 0.0871. The lowest BCUT2D eigenvalue weighted by atomic mass is 10.1. The van der Waals surface area contributed by atoms with Gasteiger partial charge in [0.2, 0.25) is 0 Å². The predicted octanol–water partition coefficient (Wildman–Crippen LogP) is 3.56. The molecule has 2 rings (SSSR count). The molecule has 0 atom stereocenters. The molecule has 22 heavy (non-hydrogen) atoms. The standard InChI is InChI=1S/C13H12BrClF4N2O/c14-10-6-8(16)5-9(11(10)15)12(22)21-3-1-20(2-4-21)7-13(17,18)19/h5-6H,1-4,7H2. The molecule has 0 unspecified atom stereocenters. The van der Waals surface area contributed by atoms with Crippen LogP contribution in [0.25, 0.3) is 0 Å². The number of benzene rings is 1. The van der Waals surface area contributed by atoms with Gasteiger partial charge in [-0.05, 0) is 28.1 Å². The summed E-state index contributed by atoms with van der Waals surface area (Å²) in [5.74, 6) is -1.10. The summed E-state index contributed by atoms with van der Waals surface area (Å²) in [6, 6.07) is 2.16. The van der Waals surface area contributed by atoms with Crippen LogP contribution in [0, 0.1) is 5.82 Å². The molecule has 122 valence electrons. The monoisotopic (exact) mass is 402 g/mol. The highest BCUT2D eigenvalue weighted by atomic mass is 79.9. The number of alkyl halides is 3. The van der Waals surface area contributed by atoms with Gasteiger partial charge in [0, 0.05) is 30.7 Å². The van der Waals surface area contributed by atoms with E-state index in [-0.39, 0.29) is 41.2 Å². The lowest BCUT2D eigenvalue weighted by Crippen LogP contribution is -2.51. The molecule has 0 spiro atoms. The lowest BCUT2D eigenvalue weighted by Gasteiger charge is -2.35. The Kier molecular flexibility index (Phi) is 5.34. The zero-order valence-electron chi connectivity index (χ0n) is 11.3. The Labute approximate surface area is 137 Å². The third kappa shape index (κ3) is 4.33. The maximum Gasteiger partial charge on any atom is 0.401 e. The topological polar surface area (TPSA) is 23.6 Å². The van der Waals surface area contributed by atoms with E-state index in [4.69, 9.17) is 11.6 Å². The number of hydrogen-bond donors (Lipinski definition) is 0. The van der Waals surface area contributed by atoms with Crippen LogP contribution in [0.2, 0.25) is 5.02 Å². The van der Waals surface area contributed by atoms with E-state index < -0.39 is 24.4 Å². The van der Waals surface area contributed by atoms with Gasteiger partial charge in [0.25, 0.3) is 5.91 Å². The van der Waals surface area contributed by atoms with E-state index in [2.05, 4.69) is 15.9 Å². The second-order valence-electron chi connectivity index (χ2n) is 4.93. The molecule has 1 aliphatic rings. The molecule has 0 aromatic heterocycles. The third-order valence-electron chi connectivity index (χ3n) is 3.29. The number of halogens is 6. The van der Waals surface area contributed by atoms with E-state index in [9.17, 15) is 22.4 Å². The summed E-state index contributed by atoms with van der Waals surface area (Å²) < 4.78 is 50.6. The van der Waals surface area contributed by atoms with Gasteiger partial charge in [-0.3, -0.25) is 9.69 Å². The number of rotatable bonds is 2. The van der Waals surface area contributed by atoms with Gasteiger partial charge >= 0.3 is 6.18 Å². The van der Waals surface area contributed by atoms with Crippen molar-refractivity contribution in [2.24, 2.45) is 0 Å². The highest BCUT2D eigenvalue weighted by Gasteiger charge is 2.33. The molecule has 1 aromatic carbocycles. The predicted molar refractivity (Wildman–Crippen MR) is 77.5 cm³/mol. The van der Waals surface area contributed by atoms with Crippen molar-refractivity contribution >= 4 is 33.4 Å². The fourth-order valence-electron chi connectivity index (χ4n) is 2.24. The fourth-order valence-corrected chi connectivity index (χ4v) is 2.87. The van der Waals surface area contributed by atoms with Crippen molar-refractivity contribution < 1.29 is 22.4 Å². The first-order valence-corrected chi connectivity index (χ1v) is 7.57. The van der Waals surface area contributed by atoms with Crippen LogP contribution >= 0.6 is 27.5 Å². The number of carbonyl (C=O) groups is 1. The van der Waals surface area contributed by atoms with E-state index in [1.807, 2.05) is 0 Å². The first kappa shape index (κ1) is 17.5. The Hall–Kier alpha value is -0.860. The molecule has 1 saturated heterocycles. The van der Waals surface area contributed by atoms with Crippen LogP contribution in [0.4, 0.5) is 17.6 Å². The van der Waals surface area contributed by atoms with Crippen LogP contribution < -0.4 is 0 Å². The molecular weight excluding hydrogens is 392 g/mol. The first-order valence-electron chi connectivity index (χ1n) is 6.40. The van der Waals surface area contributed by atoms with E-state index >= 15 is 0 Å². The number of carbonyl (C=O) groups excluding carboxylic acids is 1. The van der Waals surface area contributed by atoms with Crippen LogP contribution in [-0.2, 0) is 0 Å². The quantitative estimate of drug-likeness (QED) is 0.557. The maximum atomic E-state index is 13.4. The Morgan fingerprint density at radius 2 is 1.82 bits per heavy atom. The van der Waals surface area contributed by atoms with E-state index in [0.29, 0.717) is 0 Å². The summed E-state index contributed by atoms with van der Waals surface area (Å²) in [7, 11) is 0. The van der Waals surface area contributed by atoms with Crippen molar-refractivity contribution in [1.82, 2.24) is 9.80 Å². The molecule has 1 amide bonds. The Morgan fingerprint density at radius 1 is 1.23 bits per heavy atom. The van der Waals surface area contributed by atoms with Crippen LogP contribution in [0.3, 0.4) is 0 Å². The average molecular weight is 404 g/mol. The Morgan fingerprint density at radius 3 is 2.36 bits per heavy atom. The van der Waals surface area contributed by atoms with Crippen LogP contribution in [0.5, 0.6) is 0 Å². The van der Waals surface area contributed by atoms with Gasteiger partial charge in [0.15, 0.2) is 0 Å². The van der Waals surface area contributed by atoms with E-state index in [1.165, 1.54) is 9.80 Å². The molecule has 0 aliphatic carbocycles. The molecule has 1 aromatic rings. The molecule has 1 heterocycles. The minimum atomic E-state index is -4.26. The number of hydrogen-bond acceptors (Lipinski definition) is 2. The molecule has 3 nitrogen and oxygen atoms in total. The second-order valence-corrected chi connectivity index (χ2v) is 6.16. The van der Waals surface area contributed by atoms with Crippen molar-refractivity contribution in [1.29, 1.82) is 0 Å². The normalized spacial score (nSPS) is 16.9. The SMILES string of the molecule is O=C(c1cc(F)cc(Br)c1Cl)N1CCN(CC(F)(F)F)CC1. The number of piperazine rings is 1. The second kappa shape index (κ2) is 6.72. The van der Waals surface area contributed by atoms with Crippen molar-refractivity contribution in [3.63, 3.8) is 0 Å². The molecule has 1 fully saturated rings. The Bertz CT molecular complexity index is 574. The summed E-state index contributed by atoms with van der Waals surface area (Å²) in [5.41, 5.74) is -0.00202. The minimum absolute atomic E-state index is 0.00202. The van der Waals surface area contributed by atoms with Crippen LogP contribution in [0.1, 0.15) is 10.4 Å². The smallest absolute Gasteiger partial charge is 0.336 e. The fraction of sp³-hybridized carbons (Fsp3) is 0.462. The van der Waals surface area contributed by atoms with Crippen molar-refractivity contribution in [3.8, 4) is 0 Å². The molecule has 1 aliphatic heterocycles. The van der Waals surface area contributed by atoms with Crippen LogP contribution in [0.15, 0.2) is 16.6 Å². The van der Waals surface area contributed by atoms with Gasteiger partial charge in [0.1, 0.15) is 5.82 Å². The van der Waals surface area contributed by atoms with E-state index in [1.54, 1.807) is 0 Å². The molecule has 0 N–H and O–H groups in total. The summed E-state index contributed by atoms with van der Waals surface area (Å²) in [6.07, 6.45) is -4.26. The number of amides is 1. The van der Waals surface area contributed by atoms with Crippen molar-refractivity contribution in [3.05, 3.63) is 33.0 Å². The highest BCUT2D eigenvalue weighted by molar-refractivity contribution is 9.10. The zero-order valence-corrected chi connectivity index (χ0v) is 13.6. The largest absolute Gasteiger partial charge is 0.401 e. The Balaban J connectivity index is 2.04. The summed E-state index contributed by atoms with van der Waals surface area (Å²) >= 11 is 9.03. The van der Waals surface area contributed by atoms with Crippen molar-refractivity contribution in [2.45, 2.75) is 6.18 Å². The average Bonchev–Trinajstić information content (AvgIpc) is 2.41. The highest BCUT2D eigenvalue weighted by Crippen LogP contribution is 2.29. The van der Waals surface area contributed by atoms with Crippen molar-refractivity contribution in [2.75, 3.05) is 32.7 Å². The molecule has 9 heteroatoms. The van der Waals surface area contributed by atoms with Gasteiger partial charge in [0.05, 0.1) is 17.1 Å². The number of nitrogens with zero attached hydrogens (tertiary/aromatic N) is 2.